The normalized spacial score (nSPS) is 15.3. The molecule has 0 radical (unpaired) electrons. The van der Waals surface area contributed by atoms with Crippen molar-refractivity contribution in [1.29, 1.82) is 0 Å². The topological polar surface area (TPSA) is 63.6 Å². The molecule has 0 spiro atoms. The van der Waals surface area contributed by atoms with E-state index in [9.17, 15) is 9.59 Å². The van der Waals surface area contributed by atoms with Crippen LogP contribution in [0.3, 0.4) is 0 Å². The van der Waals surface area contributed by atoms with Gasteiger partial charge in [-0.2, -0.15) is 0 Å². The number of carboxylic acid groups (broad SMARTS) is 1. The van der Waals surface area contributed by atoms with Crippen molar-refractivity contribution in [2.24, 2.45) is 11.8 Å². The van der Waals surface area contributed by atoms with E-state index in [1.165, 1.54) is 26.2 Å². The molecule has 0 aliphatic heterocycles. The van der Waals surface area contributed by atoms with Crippen LogP contribution >= 0.6 is 0 Å². The summed E-state index contributed by atoms with van der Waals surface area (Å²) < 4.78 is 5.33. The van der Waals surface area contributed by atoms with Gasteiger partial charge in [0.2, 0.25) is 0 Å². The van der Waals surface area contributed by atoms with Gasteiger partial charge < -0.3 is 9.84 Å². The Morgan fingerprint density at radius 2 is 1.83 bits per heavy atom. The van der Waals surface area contributed by atoms with E-state index in [4.69, 9.17) is 9.84 Å². The fourth-order valence-corrected chi connectivity index (χ4v) is 3.01. The van der Waals surface area contributed by atoms with E-state index in [1.807, 2.05) is 6.92 Å². The highest BCUT2D eigenvalue weighted by Crippen LogP contribution is 2.28. The SMILES string of the molecule is CCCCCC/C=C/C([C@H](CCC)CC(=O)O)[C@@H](C)OC(C)=O. The molecule has 1 unspecified atom stereocenters. The fraction of sp³-hybridized carbons (Fsp3) is 0.789. The Morgan fingerprint density at radius 3 is 2.35 bits per heavy atom. The van der Waals surface area contributed by atoms with Crippen LogP contribution in [0.25, 0.3) is 0 Å². The van der Waals surface area contributed by atoms with E-state index in [-0.39, 0.29) is 30.3 Å². The first kappa shape index (κ1) is 21.7. The van der Waals surface area contributed by atoms with Crippen molar-refractivity contribution in [3.05, 3.63) is 12.2 Å². The first-order chi connectivity index (χ1) is 10.9. The van der Waals surface area contributed by atoms with Gasteiger partial charge >= 0.3 is 11.9 Å². The van der Waals surface area contributed by atoms with Gasteiger partial charge in [0.1, 0.15) is 6.10 Å². The Kier molecular flexibility index (Phi) is 12.4. The number of esters is 1. The zero-order valence-electron chi connectivity index (χ0n) is 15.2. The lowest BCUT2D eigenvalue weighted by Crippen LogP contribution is -2.29. The Labute approximate surface area is 141 Å². The lowest BCUT2D eigenvalue weighted by molar-refractivity contribution is -0.148. The number of ether oxygens (including phenoxy) is 1. The molecule has 3 atom stereocenters. The number of carboxylic acids is 1. The van der Waals surface area contributed by atoms with Crippen LogP contribution in [0.5, 0.6) is 0 Å². The van der Waals surface area contributed by atoms with E-state index in [0.29, 0.717) is 0 Å². The molecule has 4 nitrogen and oxygen atoms in total. The molecule has 0 saturated carbocycles. The monoisotopic (exact) mass is 326 g/mol. The molecule has 0 fully saturated rings. The Balaban J connectivity index is 4.84. The van der Waals surface area contributed by atoms with Gasteiger partial charge in [0.05, 0.1) is 0 Å². The molecule has 0 saturated heterocycles. The summed E-state index contributed by atoms with van der Waals surface area (Å²) in [5.74, 6) is -1.15. The van der Waals surface area contributed by atoms with E-state index in [2.05, 4.69) is 26.0 Å². The highest BCUT2D eigenvalue weighted by molar-refractivity contribution is 5.67. The summed E-state index contributed by atoms with van der Waals surface area (Å²) in [5, 5.41) is 9.16. The maximum atomic E-state index is 11.2. The van der Waals surface area contributed by atoms with Crippen LogP contribution in [0.1, 0.15) is 79.1 Å². The molecule has 0 aromatic carbocycles. The quantitative estimate of drug-likeness (QED) is 0.295. The molecule has 0 aliphatic rings. The first-order valence-electron chi connectivity index (χ1n) is 8.97. The van der Waals surface area contributed by atoms with Crippen LogP contribution < -0.4 is 0 Å². The van der Waals surface area contributed by atoms with E-state index < -0.39 is 5.97 Å². The molecule has 1 N–H and O–H groups in total. The van der Waals surface area contributed by atoms with Gasteiger partial charge in [0.15, 0.2) is 0 Å². The summed E-state index contributed by atoms with van der Waals surface area (Å²) in [6.07, 6.45) is 11.6. The average Bonchev–Trinajstić information content (AvgIpc) is 2.44. The van der Waals surface area contributed by atoms with Gasteiger partial charge in [-0.1, -0.05) is 51.7 Å². The molecular weight excluding hydrogens is 292 g/mol. The van der Waals surface area contributed by atoms with Crippen molar-refractivity contribution in [2.45, 2.75) is 85.2 Å². The third kappa shape index (κ3) is 10.9. The van der Waals surface area contributed by atoms with Crippen molar-refractivity contribution >= 4 is 11.9 Å². The number of aliphatic carboxylic acids is 1. The molecule has 23 heavy (non-hydrogen) atoms. The van der Waals surface area contributed by atoms with Crippen LogP contribution in [0.15, 0.2) is 12.2 Å². The summed E-state index contributed by atoms with van der Waals surface area (Å²) in [6, 6.07) is 0. The summed E-state index contributed by atoms with van der Waals surface area (Å²) in [5.41, 5.74) is 0. The van der Waals surface area contributed by atoms with Crippen molar-refractivity contribution in [1.82, 2.24) is 0 Å². The zero-order valence-corrected chi connectivity index (χ0v) is 15.2. The first-order valence-corrected chi connectivity index (χ1v) is 8.97. The van der Waals surface area contributed by atoms with Crippen molar-refractivity contribution in [3.8, 4) is 0 Å². The van der Waals surface area contributed by atoms with Gasteiger partial charge in [-0.3, -0.25) is 9.59 Å². The molecule has 0 amide bonds. The third-order valence-corrected chi connectivity index (χ3v) is 4.12. The molecule has 4 heteroatoms. The van der Waals surface area contributed by atoms with E-state index in [0.717, 1.165) is 25.7 Å². The standard InChI is InChI=1S/C19H34O4/c1-5-7-8-9-10-11-13-18(15(3)23-16(4)20)17(12-6-2)14-19(21)22/h11,13,15,17-18H,5-10,12,14H2,1-4H3,(H,21,22)/b13-11+/t15-,17-,18?/m1/s1. The molecular formula is C19H34O4. The molecule has 0 aromatic rings. The average molecular weight is 326 g/mol. The molecule has 0 bridgehead atoms. The summed E-state index contributed by atoms with van der Waals surface area (Å²) >= 11 is 0. The van der Waals surface area contributed by atoms with E-state index in [1.54, 1.807) is 0 Å². The largest absolute Gasteiger partial charge is 0.481 e. The van der Waals surface area contributed by atoms with Crippen LogP contribution in [0.4, 0.5) is 0 Å². The number of hydrogen-bond acceptors (Lipinski definition) is 3. The lowest BCUT2D eigenvalue weighted by atomic mass is 9.82. The van der Waals surface area contributed by atoms with Crippen LogP contribution in [-0.2, 0) is 14.3 Å². The second kappa shape index (κ2) is 13.1. The fourth-order valence-electron chi connectivity index (χ4n) is 3.01. The number of carbonyl (C=O) groups excluding carboxylic acids is 1. The summed E-state index contributed by atoms with van der Waals surface area (Å²) in [4.78, 5) is 22.4. The van der Waals surface area contributed by atoms with Gasteiger partial charge in [-0.05, 0) is 32.1 Å². The minimum atomic E-state index is -0.792. The van der Waals surface area contributed by atoms with Crippen LogP contribution in [-0.4, -0.2) is 23.1 Å². The van der Waals surface area contributed by atoms with E-state index >= 15 is 0 Å². The van der Waals surface area contributed by atoms with Gasteiger partial charge in [0.25, 0.3) is 0 Å². The predicted molar refractivity (Wildman–Crippen MR) is 93.3 cm³/mol. The van der Waals surface area contributed by atoms with Crippen LogP contribution in [0, 0.1) is 11.8 Å². The number of allylic oxidation sites excluding steroid dienone is 1. The van der Waals surface area contributed by atoms with Crippen LogP contribution in [0.2, 0.25) is 0 Å². The number of hydrogen-bond donors (Lipinski definition) is 1. The summed E-state index contributed by atoms with van der Waals surface area (Å²) in [7, 11) is 0. The molecule has 0 aromatic heterocycles. The minimum absolute atomic E-state index is 0.00116. The van der Waals surface area contributed by atoms with Crippen molar-refractivity contribution in [3.63, 3.8) is 0 Å². The number of unbranched alkanes of at least 4 members (excludes halogenated alkanes) is 4. The highest BCUT2D eigenvalue weighted by atomic mass is 16.5. The molecule has 134 valence electrons. The molecule has 0 heterocycles. The minimum Gasteiger partial charge on any atom is -0.481 e. The maximum absolute atomic E-state index is 11.2. The summed E-state index contributed by atoms with van der Waals surface area (Å²) in [6.45, 7) is 7.50. The Morgan fingerprint density at radius 1 is 1.13 bits per heavy atom. The van der Waals surface area contributed by atoms with Gasteiger partial charge in [-0.25, -0.2) is 0 Å². The lowest BCUT2D eigenvalue weighted by Gasteiger charge is -2.28. The highest BCUT2D eigenvalue weighted by Gasteiger charge is 2.27. The molecule has 0 rings (SSSR count). The van der Waals surface area contributed by atoms with Gasteiger partial charge in [-0.15, -0.1) is 0 Å². The predicted octanol–water partition coefficient (Wildman–Crippen LogP) is 4.97. The molecule has 0 aliphatic carbocycles. The van der Waals surface area contributed by atoms with Gasteiger partial charge in [0, 0.05) is 19.3 Å². The van der Waals surface area contributed by atoms with Crippen molar-refractivity contribution in [2.75, 3.05) is 0 Å². The zero-order chi connectivity index (χ0) is 17.7. The maximum Gasteiger partial charge on any atom is 0.303 e. The smallest absolute Gasteiger partial charge is 0.303 e. The number of rotatable bonds is 13. The Bertz CT molecular complexity index is 362. The number of carbonyl (C=O) groups is 2. The second-order valence-corrected chi connectivity index (χ2v) is 6.32. The third-order valence-electron chi connectivity index (χ3n) is 4.12. The Hall–Kier alpha value is -1.32. The van der Waals surface area contributed by atoms with Crippen molar-refractivity contribution < 1.29 is 19.4 Å². The second-order valence-electron chi connectivity index (χ2n) is 6.32.